The number of aromatic nitrogens is 2. The molecule has 1 spiro atoms. The van der Waals surface area contributed by atoms with Gasteiger partial charge in [0.2, 0.25) is 11.9 Å². The largest absolute Gasteiger partial charge is 0.383 e. The zero-order valence-corrected chi connectivity index (χ0v) is 16.5. The Balaban J connectivity index is 1.54. The second kappa shape index (κ2) is 7.94. The lowest BCUT2D eigenvalue weighted by molar-refractivity contribution is -0.141. The van der Waals surface area contributed by atoms with Gasteiger partial charge in [-0.2, -0.15) is 0 Å². The van der Waals surface area contributed by atoms with Gasteiger partial charge < -0.3 is 14.5 Å². The second-order valence-electron chi connectivity index (χ2n) is 7.53. The molecule has 0 N–H and O–H groups in total. The number of amides is 1. The summed E-state index contributed by atoms with van der Waals surface area (Å²) >= 11 is 1.70. The van der Waals surface area contributed by atoms with E-state index in [1.165, 1.54) is 11.3 Å². The normalized spacial score (nSPS) is 20.6. The molecule has 3 heterocycles. The Hall–Kier alpha value is -1.99. The fraction of sp³-hybridized carbons (Fsp3) is 0.550. The molecule has 1 saturated carbocycles. The van der Waals surface area contributed by atoms with Gasteiger partial charge in [-0.1, -0.05) is 12.5 Å². The zero-order valence-electron chi connectivity index (χ0n) is 15.7. The molecule has 2 fully saturated rings. The van der Waals surface area contributed by atoms with Gasteiger partial charge in [0.1, 0.15) is 0 Å². The molecule has 1 atom stereocenters. The van der Waals surface area contributed by atoms with Crippen LogP contribution in [0.2, 0.25) is 0 Å². The van der Waals surface area contributed by atoms with Crippen LogP contribution >= 0.6 is 11.3 Å². The molecule has 1 aliphatic heterocycles. The van der Waals surface area contributed by atoms with Gasteiger partial charge in [-0.25, -0.2) is 9.97 Å². The molecule has 1 amide bonds. The minimum Gasteiger partial charge on any atom is -0.383 e. The van der Waals surface area contributed by atoms with E-state index in [2.05, 4.69) is 26.3 Å². The number of ether oxygens (including phenoxy) is 1. The van der Waals surface area contributed by atoms with Crippen LogP contribution in [0.5, 0.6) is 0 Å². The van der Waals surface area contributed by atoms with Gasteiger partial charge in [0.15, 0.2) is 0 Å². The summed E-state index contributed by atoms with van der Waals surface area (Å²) in [6.07, 6.45) is 6.98. The van der Waals surface area contributed by atoms with Gasteiger partial charge in [-0.15, -0.1) is 11.3 Å². The van der Waals surface area contributed by atoms with Crippen LogP contribution in [0.25, 0.3) is 0 Å². The van der Waals surface area contributed by atoms with Crippen molar-refractivity contribution in [3.8, 4) is 0 Å². The Bertz CT molecular complexity index is 749. The first-order chi connectivity index (χ1) is 13.2. The van der Waals surface area contributed by atoms with E-state index in [-0.39, 0.29) is 17.2 Å². The fourth-order valence-corrected chi connectivity index (χ4v) is 5.05. The van der Waals surface area contributed by atoms with Crippen LogP contribution in [0.1, 0.15) is 24.1 Å². The first kappa shape index (κ1) is 18.4. The predicted molar refractivity (Wildman–Crippen MR) is 106 cm³/mol. The lowest BCUT2D eigenvalue weighted by Crippen LogP contribution is -2.47. The minimum absolute atomic E-state index is 0.00637. The van der Waals surface area contributed by atoms with Crippen LogP contribution in [0.15, 0.2) is 36.0 Å². The quantitative estimate of drug-likeness (QED) is 0.732. The average molecular weight is 387 g/mol. The van der Waals surface area contributed by atoms with E-state index in [0.717, 1.165) is 25.3 Å². The highest BCUT2D eigenvalue weighted by molar-refractivity contribution is 7.09. The summed E-state index contributed by atoms with van der Waals surface area (Å²) in [5.74, 6) is 0.992. The first-order valence-electron chi connectivity index (χ1n) is 9.54. The summed E-state index contributed by atoms with van der Waals surface area (Å²) in [4.78, 5) is 27.8. The summed E-state index contributed by atoms with van der Waals surface area (Å²) < 4.78 is 5.27. The third-order valence-corrected chi connectivity index (χ3v) is 6.80. The average Bonchev–Trinajstić information content (AvgIpc) is 3.32. The molecule has 2 aliphatic rings. The van der Waals surface area contributed by atoms with Crippen molar-refractivity contribution in [2.75, 3.05) is 38.3 Å². The van der Waals surface area contributed by atoms with Gasteiger partial charge in [-0.05, 0) is 30.4 Å². The monoisotopic (exact) mass is 386 g/mol. The van der Waals surface area contributed by atoms with E-state index in [9.17, 15) is 4.79 Å². The maximum atomic E-state index is 13.6. The summed E-state index contributed by atoms with van der Waals surface area (Å²) in [7, 11) is 1.69. The Kier molecular flexibility index (Phi) is 5.41. The molecule has 7 heteroatoms. The van der Waals surface area contributed by atoms with Crippen LogP contribution < -0.4 is 4.90 Å². The van der Waals surface area contributed by atoms with Crippen molar-refractivity contribution in [1.29, 1.82) is 0 Å². The van der Waals surface area contributed by atoms with Gasteiger partial charge >= 0.3 is 0 Å². The second-order valence-corrected chi connectivity index (χ2v) is 8.56. The first-order valence-corrected chi connectivity index (χ1v) is 10.4. The molecule has 6 nitrogen and oxygen atoms in total. The predicted octanol–water partition coefficient (Wildman–Crippen LogP) is 2.82. The SMILES string of the molecule is COCCN(Cc1cccs1)C(=O)C1CN(c2ncccn2)CC12CCC2. The Morgan fingerprint density at radius 2 is 2.19 bits per heavy atom. The molecule has 144 valence electrons. The van der Waals surface area contributed by atoms with E-state index < -0.39 is 0 Å². The molecular weight excluding hydrogens is 360 g/mol. The van der Waals surface area contributed by atoms with Crippen molar-refractivity contribution in [1.82, 2.24) is 14.9 Å². The van der Waals surface area contributed by atoms with E-state index in [1.54, 1.807) is 30.8 Å². The van der Waals surface area contributed by atoms with Gasteiger partial charge in [0.25, 0.3) is 0 Å². The molecule has 2 aromatic rings. The summed E-state index contributed by atoms with van der Waals surface area (Å²) in [6, 6.07) is 5.96. The molecule has 0 bridgehead atoms. The lowest BCUT2D eigenvalue weighted by Gasteiger charge is -2.43. The van der Waals surface area contributed by atoms with Crippen LogP contribution in [0, 0.1) is 11.3 Å². The van der Waals surface area contributed by atoms with Crippen LogP contribution in [-0.2, 0) is 16.1 Å². The molecule has 1 unspecified atom stereocenters. The molecular formula is C20H26N4O2S. The Morgan fingerprint density at radius 3 is 2.81 bits per heavy atom. The van der Waals surface area contributed by atoms with Crippen LogP contribution in [-0.4, -0.2) is 54.1 Å². The Morgan fingerprint density at radius 1 is 1.37 bits per heavy atom. The highest BCUT2D eigenvalue weighted by atomic mass is 32.1. The molecule has 2 aromatic heterocycles. The number of carbonyl (C=O) groups excluding carboxylic acids is 1. The molecule has 1 saturated heterocycles. The molecule has 27 heavy (non-hydrogen) atoms. The smallest absolute Gasteiger partial charge is 0.228 e. The number of nitrogens with zero attached hydrogens (tertiary/aromatic N) is 4. The fourth-order valence-electron chi connectivity index (χ4n) is 4.33. The van der Waals surface area contributed by atoms with Crippen molar-refractivity contribution < 1.29 is 9.53 Å². The lowest BCUT2D eigenvalue weighted by atomic mass is 9.62. The topological polar surface area (TPSA) is 58.6 Å². The molecule has 4 rings (SSSR count). The number of hydrogen-bond acceptors (Lipinski definition) is 6. The summed E-state index contributed by atoms with van der Waals surface area (Å²) in [5, 5.41) is 2.06. The van der Waals surface area contributed by atoms with Gasteiger partial charge in [0.05, 0.1) is 19.1 Å². The number of anilines is 1. The van der Waals surface area contributed by atoms with E-state index in [1.807, 2.05) is 17.0 Å². The van der Waals surface area contributed by atoms with Crippen molar-refractivity contribution >= 4 is 23.2 Å². The van der Waals surface area contributed by atoms with Gasteiger partial charge in [-0.3, -0.25) is 4.79 Å². The molecule has 1 aliphatic carbocycles. The highest BCUT2D eigenvalue weighted by Gasteiger charge is 2.54. The van der Waals surface area contributed by atoms with E-state index >= 15 is 0 Å². The van der Waals surface area contributed by atoms with Gasteiger partial charge in [0, 0.05) is 49.4 Å². The molecule has 0 radical (unpaired) electrons. The number of carbonyl (C=O) groups is 1. The summed E-state index contributed by atoms with van der Waals surface area (Å²) in [6.45, 7) is 3.43. The van der Waals surface area contributed by atoms with Crippen LogP contribution in [0.3, 0.4) is 0 Å². The van der Waals surface area contributed by atoms with Crippen molar-refractivity contribution in [2.24, 2.45) is 11.3 Å². The zero-order chi connectivity index (χ0) is 18.7. The minimum atomic E-state index is 0.00637. The number of rotatable bonds is 7. The van der Waals surface area contributed by atoms with Crippen LogP contribution in [0.4, 0.5) is 5.95 Å². The maximum absolute atomic E-state index is 13.6. The summed E-state index contributed by atoms with van der Waals surface area (Å²) in [5.41, 5.74) is 0.0804. The highest BCUT2D eigenvalue weighted by Crippen LogP contribution is 2.52. The van der Waals surface area contributed by atoms with Crippen molar-refractivity contribution in [2.45, 2.75) is 25.8 Å². The number of methoxy groups -OCH3 is 1. The van der Waals surface area contributed by atoms with Crippen molar-refractivity contribution in [3.63, 3.8) is 0 Å². The number of hydrogen-bond donors (Lipinski definition) is 0. The third kappa shape index (κ3) is 3.71. The standard InChI is InChI=1S/C20H26N4O2S/c1-26-11-10-23(13-16-5-2-12-27-16)18(25)17-14-24(15-20(17)6-3-7-20)19-21-8-4-9-22-19/h2,4-5,8-9,12,17H,3,6-7,10-11,13-15H2,1H3. The van der Waals surface area contributed by atoms with E-state index in [4.69, 9.17) is 4.74 Å². The third-order valence-electron chi connectivity index (χ3n) is 5.93. The maximum Gasteiger partial charge on any atom is 0.228 e. The van der Waals surface area contributed by atoms with E-state index in [0.29, 0.717) is 26.2 Å². The number of thiophene rings is 1. The molecule has 0 aromatic carbocycles. The van der Waals surface area contributed by atoms with Crippen molar-refractivity contribution in [3.05, 3.63) is 40.8 Å². The Labute approximate surface area is 164 Å².